The normalized spacial score (nSPS) is 10.1. The van der Waals surface area contributed by atoms with E-state index >= 15 is 0 Å². The number of aromatic nitrogens is 1. The molecule has 1 aromatic carbocycles. The summed E-state index contributed by atoms with van der Waals surface area (Å²) in [5.41, 5.74) is 0. The first kappa shape index (κ1) is 11.0. The molecule has 0 atom stereocenters. The lowest BCUT2D eigenvalue weighted by molar-refractivity contribution is 0.413. The summed E-state index contributed by atoms with van der Waals surface area (Å²) >= 11 is 1.40. The van der Waals surface area contributed by atoms with Gasteiger partial charge in [0.15, 0.2) is 0 Å². The molecule has 0 amide bonds. The fourth-order valence-corrected chi connectivity index (χ4v) is 2.07. The molecule has 16 heavy (non-hydrogen) atoms. The van der Waals surface area contributed by atoms with E-state index in [-0.39, 0.29) is 0 Å². The van der Waals surface area contributed by atoms with Gasteiger partial charge < -0.3 is 4.74 Å². The molecular weight excluding hydrogens is 225 g/mol. The van der Waals surface area contributed by atoms with E-state index in [0.717, 1.165) is 10.6 Å². The van der Waals surface area contributed by atoms with Gasteiger partial charge in [0, 0.05) is 4.90 Å². The Morgan fingerprint density at radius 1 is 1.19 bits per heavy atom. The zero-order valence-corrected chi connectivity index (χ0v) is 9.50. The Balaban J connectivity index is 2.20. The first-order chi connectivity index (χ1) is 7.78. The Hall–Kier alpha value is -1.55. The van der Waals surface area contributed by atoms with Crippen molar-refractivity contribution in [3.63, 3.8) is 0 Å². The molecule has 0 aliphatic carbocycles. The monoisotopic (exact) mass is 235 g/mol. The van der Waals surface area contributed by atoms with Gasteiger partial charge in [0.2, 0.25) is 5.95 Å². The molecule has 1 aromatic heterocycles. The molecule has 2 nitrogen and oxygen atoms in total. The molecule has 0 fully saturated rings. The van der Waals surface area contributed by atoms with Gasteiger partial charge >= 0.3 is 0 Å². The standard InChI is InChI=1S/C12H10FNOS/c1-15-9-4-2-5-10(8-9)16-12-7-3-6-11(13)14-12/h2-8H,1H3. The van der Waals surface area contributed by atoms with Gasteiger partial charge in [-0.05, 0) is 30.3 Å². The van der Waals surface area contributed by atoms with Crippen molar-refractivity contribution in [3.05, 3.63) is 48.4 Å². The minimum atomic E-state index is -0.465. The van der Waals surface area contributed by atoms with Gasteiger partial charge in [-0.2, -0.15) is 4.39 Å². The molecule has 2 aromatic rings. The molecular formula is C12H10FNOS. The van der Waals surface area contributed by atoms with Gasteiger partial charge in [-0.25, -0.2) is 4.98 Å². The maximum atomic E-state index is 12.9. The van der Waals surface area contributed by atoms with Gasteiger partial charge in [0.25, 0.3) is 0 Å². The summed E-state index contributed by atoms with van der Waals surface area (Å²) in [7, 11) is 1.62. The van der Waals surface area contributed by atoms with Gasteiger partial charge in [-0.15, -0.1) is 0 Å². The topological polar surface area (TPSA) is 22.1 Å². The molecule has 1 heterocycles. The summed E-state index contributed by atoms with van der Waals surface area (Å²) in [5, 5.41) is 0.633. The zero-order chi connectivity index (χ0) is 11.4. The minimum Gasteiger partial charge on any atom is -0.497 e. The van der Waals surface area contributed by atoms with E-state index in [0.29, 0.717) is 5.03 Å². The molecule has 2 rings (SSSR count). The van der Waals surface area contributed by atoms with E-state index in [1.807, 2.05) is 24.3 Å². The molecule has 0 saturated carbocycles. The third kappa shape index (κ3) is 2.73. The number of pyridine rings is 1. The SMILES string of the molecule is COc1cccc(Sc2cccc(F)n2)c1. The van der Waals surface area contributed by atoms with Crippen LogP contribution in [-0.4, -0.2) is 12.1 Å². The second-order valence-corrected chi connectivity index (χ2v) is 4.17. The number of halogens is 1. The highest BCUT2D eigenvalue weighted by Gasteiger charge is 2.01. The van der Waals surface area contributed by atoms with Crippen molar-refractivity contribution in [3.8, 4) is 5.75 Å². The number of rotatable bonds is 3. The van der Waals surface area contributed by atoms with Crippen LogP contribution >= 0.6 is 11.8 Å². The Morgan fingerprint density at radius 2 is 2.00 bits per heavy atom. The molecule has 0 aliphatic heterocycles. The van der Waals surface area contributed by atoms with Crippen LogP contribution in [-0.2, 0) is 0 Å². The van der Waals surface area contributed by atoms with Crippen LogP contribution < -0.4 is 4.74 Å². The summed E-state index contributed by atoms with van der Waals surface area (Å²) in [6.07, 6.45) is 0. The first-order valence-corrected chi connectivity index (χ1v) is 5.54. The van der Waals surface area contributed by atoms with E-state index in [9.17, 15) is 4.39 Å². The molecule has 0 radical (unpaired) electrons. The Morgan fingerprint density at radius 3 is 2.75 bits per heavy atom. The number of benzene rings is 1. The summed E-state index contributed by atoms with van der Waals surface area (Å²) in [5.74, 6) is 0.314. The van der Waals surface area contributed by atoms with Crippen LogP contribution in [0.3, 0.4) is 0 Å². The summed E-state index contributed by atoms with van der Waals surface area (Å²) in [6.45, 7) is 0. The van der Waals surface area contributed by atoms with Crippen molar-refractivity contribution in [2.24, 2.45) is 0 Å². The maximum Gasteiger partial charge on any atom is 0.213 e. The number of hydrogen-bond donors (Lipinski definition) is 0. The fourth-order valence-electron chi connectivity index (χ4n) is 1.23. The lowest BCUT2D eigenvalue weighted by Gasteiger charge is -2.03. The van der Waals surface area contributed by atoms with Crippen LogP contribution in [0.2, 0.25) is 0 Å². The first-order valence-electron chi connectivity index (χ1n) is 4.72. The fraction of sp³-hybridized carbons (Fsp3) is 0.0833. The predicted octanol–water partition coefficient (Wildman–Crippen LogP) is 3.38. The number of methoxy groups -OCH3 is 1. The second-order valence-electron chi connectivity index (χ2n) is 3.08. The van der Waals surface area contributed by atoms with Gasteiger partial charge in [0.05, 0.1) is 7.11 Å². The summed E-state index contributed by atoms with van der Waals surface area (Å²) < 4.78 is 18.0. The van der Waals surface area contributed by atoms with Crippen molar-refractivity contribution in [2.45, 2.75) is 9.92 Å². The molecule has 0 aliphatic rings. The van der Waals surface area contributed by atoms with Crippen molar-refractivity contribution in [2.75, 3.05) is 7.11 Å². The van der Waals surface area contributed by atoms with Crippen LogP contribution in [0.5, 0.6) is 5.75 Å². The Labute approximate surface area is 97.5 Å². The number of nitrogens with zero attached hydrogens (tertiary/aromatic N) is 1. The number of ether oxygens (including phenoxy) is 1. The van der Waals surface area contributed by atoms with E-state index in [2.05, 4.69) is 4.98 Å². The lowest BCUT2D eigenvalue weighted by atomic mass is 10.3. The summed E-state index contributed by atoms with van der Waals surface area (Å²) in [4.78, 5) is 4.75. The Bertz CT molecular complexity index is 490. The molecule has 82 valence electrons. The van der Waals surface area contributed by atoms with Gasteiger partial charge in [-0.3, -0.25) is 0 Å². The average molecular weight is 235 g/mol. The maximum absolute atomic E-state index is 12.9. The van der Waals surface area contributed by atoms with Gasteiger partial charge in [0.1, 0.15) is 10.8 Å². The van der Waals surface area contributed by atoms with Gasteiger partial charge in [-0.1, -0.05) is 23.9 Å². The van der Waals surface area contributed by atoms with Crippen LogP contribution in [0.1, 0.15) is 0 Å². The highest BCUT2D eigenvalue weighted by molar-refractivity contribution is 7.99. The largest absolute Gasteiger partial charge is 0.497 e. The van der Waals surface area contributed by atoms with Crippen molar-refractivity contribution < 1.29 is 9.13 Å². The van der Waals surface area contributed by atoms with E-state index < -0.39 is 5.95 Å². The third-order valence-electron chi connectivity index (χ3n) is 1.95. The summed E-state index contributed by atoms with van der Waals surface area (Å²) in [6, 6.07) is 12.3. The molecule has 0 bridgehead atoms. The third-order valence-corrected chi connectivity index (χ3v) is 2.88. The zero-order valence-electron chi connectivity index (χ0n) is 8.68. The quantitative estimate of drug-likeness (QED) is 0.761. The lowest BCUT2D eigenvalue weighted by Crippen LogP contribution is -1.85. The van der Waals surface area contributed by atoms with Crippen LogP contribution in [0, 0.1) is 5.95 Å². The molecule has 0 saturated heterocycles. The molecule has 0 unspecified atom stereocenters. The van der Waals surface area contributed by atoms with Crippen molar-refractivity contribution >= 4 is 11.8 Å². The smallest absolute Gasteiger partial charge is 0.213 e. The van der Waals surface area contributed by atoms with Crippen LogP contribution in [0.15, 0.2) is 52.4 Å². The molecule has 4 heteroatoms. The van der Waals surface area contributed by atoms with Crippen LogP contribution in [0.25, 0.3) is 0 Å². The van der Waals surface area contributed by atoms with E-state index in [1.54, 1.807) is 19.2 Å². The Kier molecular flexibility index (Phi) is 3.41. The minimum absolute atomic E-state index is 0.465. The van der Waals surface area contributed by atoms with Crippen LogP contribution in [0.4, 0.5) is 4.39 Å². The second kappa shape index (κ2) is 4.99. The van der Waals surface area contributed by atoms with E-state index in [4.69, 9.17) is 4.74 Å². The van der Waals surface area contributed by atoms with Crippen molar-refractivity contribution in [1.82, 2.24) is 4.98 Å². The number of hydrogen-bond acceptors (Lipinski definition) is 3. The highest BCUT2D eigenvalue weighted by Crippen LogP contribution is 2.28. The highest BCUT2D eigenvalue weighted by atomic mass is 32.2. The van der Waals surface area contributed by atoms with E-state index in [1.165, 1.54) is 17.8 Å². The average Bonchev–Trinajstić information content (AvgIpc) is 2.29. The van der Waals surface area contributed by atoms with Crippen molar-refractivity contribution in [1.29, 1.82) is 0 Å². The molecule has 0 N–H and O–H groups in total. The predicted molar refractivity (Wildman–Crippen MR) is 61.3 cm³/mol. The molecule has 0 spiro atoms.